The third kappa shape index (κ3) is 3.18. The normalized spacial score (nSPS) is 24.0. The van der Waals surface area contributed by atoms with Crippen molar-refractivity contribution in [2.24, 2.45) is 5.92 Å². The van der Waals surface area contributed by atoms with Crippen molar-refractivity contribution in [2.75, 3.05) is 0 Å². The van der Waals surface area contributed by atoms with Gasteiger partial charge < -0.3 is 5.11 Å². The molecule has 0 saturated carbocycles. The first-order valence-corrected chi connectivity index (χ1v) is 8.56. The quantitative estimate of drug-likeness (QED) is 0.729. The number of hydrogen-bond acceptors (Lipinski definition) is 1. The summed E-state index contributed by atoms with van der Waals surface area (Å²) in [4.78, 5) is 0. The van der Waals surface area contributed by atoms with Gasteiger partial charge in [-0.3, -0.25) is 0 Å². The molecule has 1 aliphatic carbocycles. The predicted octanol–water partition coefficient (Wildman–Crippen LogP) is 5.41. The van der Waals surface area contributed by atoms with Gasteiger partial charge >= 0.3 is 0 Å². The molecule has 2 heteroatoms. The maximum atomic E-state index is 11.1. The van der Waals surface area contributed by atoms with Crippen LogP contribution in [0.2, 0.25) is 0 Å². The van der Waals surface area contributed by atoms with Gasteiger partial charge in [0.05, 0.1) is 5.60 Å². The number of rotatable bonds is 3. The topological polar surface area (TPSA) is 20.2 Å². The van der Waals surface area contributed by atoms with Crippen LogP contribution in [0.3, 0.4) is 0 Å². The predicted molar refractivity (Wildman–Crippen MR) is 94.8 cm³/mol. The Balaban J connectivity index is 1.83. The van der Waals surface area contributed by atoms with E-state index < -0.39 is 5.60 Å². The first-order chi connectivity index (χ1) is 10.6. The molecule has 2 aromatic carbocycles. The summed E-state index contributed by atoms with van der Waals surface area (Å²) in [5.74, 6) is 0.616. The molecule has 3 atom stereocenters. The van der Waals surface area contributed by atoms with Crippen LogP contribution in [0.15, 0.2) is 71.2 Å². The number of benzene rings is 2. The maximum absolute atomic E-state index is 11.1. The summed E-state index contributed by atoms with van der Waals surface area (Å²) in [7, 11) is 0. The van der Waals surface area contributed by atoms with E-state index >= 15 is 0 Å². The van der Waals surface area contributed by atoms with E-state index in [1.165, 1.54) is 5.56 Å². The van der Waals surface area contributed by atoms with E-state index in [0.29, 0.717) is 5.92 Å². The molecule has 1 nitrogen and oxygen atoms in total. The summed E-state index contributed by atoms with van der Waals surface area (Å²) in [6.45, 7) is 1.93. The van der Waals surface area contributed by atoms with Gasteiger partial charge in [-0.25, -0.2) is 0 Å². The zero-order chi connectivity index (χ0) is 15.6. The molecule has 0 bridgehead atoms. The molecule has 0 unspecified atom stereocenters. The zero-order valence-corrected chi connectivity index (χ0v) is 14.3. The molecule has 0 amide bonds. The third-order valence-corrected chi connectivity index (χ3v) is 5.28. The molecule has 0 aromatic heterocycles. The Labute approximate surface area is 140 Å². The van der Waals surface area contributed by atoms with Gasteiger partial charge in [0.25, 0.3) is 0 Å². The molecule has 2 aromatic rings. The fraction of sp³-hybridized carbons (Fsp3) is 0.300. The molecule has 1 aliphatic rings. The highest BCUT2D eigenvalue weighted by Crippen LogP contribution is 2.41. The van der Waals surface area contributed by atoms with Crippen molar-refractivity contribution < 1.29 is 5.11 Å². The lowest BCUT2D eigenvalue weighted by atomic mass is 9.73. The molecule has 1 N–H and O–H groups in total. The second kappa shape index (κ2) is 6.39. The number of aliphatic hydroxyl groups is 1. The average molecular weight is 357 g/mol. The third-order valence-electron chi connectivity index (χ3n) is 4.75. The summed E-state index contributed by atoms with van der Waals surface area (Å²) in [5.41, 5.74) is 1.49. The highest BCUT2D eigenvalue weighted by Gasteiger charge is 2.35. The number of halogens is 1. The van der Waals surface area contributed by atoms with Gasteiger partial charge in [-0.1, -0.05) is 70.5 Å². The maximum Gasteiger partial charge on any atom is 0.0931 e. The van der Waals surface area contributed by atoms with Gasteiger partial charge in [-0.05, 0) is 48.9 Å². The standard InChI is InChI=1S/C20H21BrO/c1-20(22,17-10-12-19(21)13-11-17)18-9-5-8-16(14-18)15-6-3-2-4-7-15/h2-7,9-13,16,18,22H,8,14H2,1H3/t16-,18-,20-/m0/s1. The molecule has 0 radical (unpaired) electrons. The fourth-order valence-corrected chi connectivity index (χ4v) is 3.57. The lowest BCUT2D eigenvalue weighted by Gasteiger charge is -2.36. The van der Waals surface area contributed by atoms with Crippen LogP contribution in [0.5, 0.6) is 0 Å². The lowest BCUT2D eigenvalue weighted by Crippen LogP contribution is -2.33. The molecule has 3 rings (SSSR count). The summed E-state index contributed by atoms with van der Waals surface area (Å²) in [6.07, 6.45) is 6.43. The van der Waals surface area contributed by atoms with Crippen LogP contribution in [0.25, 0.3) is 0 Å². The van der Waals surface area contributed by atoms with Gasteiger partial charge in [0.1, 0.15) is 0 Å². The molecule has 0 fully saturated rings. The molecule has 0 spiro atoms. The minimum atomic E-state index is -0.843. The Morgan fingerprint density at radius 2 is 1.73 bits per heavy atom. The van der Waals surface area contributed by atoms with Crippen LogP contribution in [0.4, 0.5) is 0 Å². The summed E-state index contributed by atoms with van der Waals surface area (Å²) >= 11 is 3.45. The van der Waals surface area contributed by atoms with Crippen LogP contribution in [-0.2, 0) is 5.60 Å². The largest absolute Gasteiger partial charge is 0.385 e. The first kappa shape index (κ1) is 15.5. The second-order valence-corrected chi connectivity index (χ2v) is 7.18. The molecule has 0 heterocycles. The lowest BCUT2D eigenvalue weighted by molar-refractivity contribution is 0.00571. The SMILES string of the molecule is C[C@](O)(c1ccc(Br)cc1)[C@H]1C=CC[C@H](c2ccccc2)C1. The Hall–Kier alpha value is -1.38. The van der Waals surface area contributed by atoms with Crippen LogP contribution in [0, 0.1) is 5.92 Å². The minimum absolute atomic E-state index is 0.132. The Morgan fingerprint density at radius 3 is 2.41 bits per heavy atom. The number of hydrogen-bond donors (Lipinski definition) is 1. The monoisotopic (exact) mass is 356 g/mol. The Morgan fingerprint density at radius 1 is 1.05 bits per heavy atom. The van der Waals surface area contributed by atoms with Crippen molar-refractivity contribution in [2.45, 2.75) is 31.3 Å². The van der Waals surface area contributed by atoms with Gasteiger partial charge in [0.2, 0.25) is 0 Å². The van der Waals surface area contributed by atoms with Gasteiger partial charge in [-0.2, -0.15) is 0 Å². The van der Waals surface area contributed by atoms with E-state index in [0.717, 1.165) is 22.9 Å². The summed E-state index contributed by atoms with van der Waals surface area (Å²) in [6, 6.07) is 18.6. The summed E-state index contributed by atoms with van der Waals surface area (Å²) in [5, 5.41) is 11.1. The zero-order valence-electron chi connectivity index (χ0n) is 12.7. The Bertz CT molecular complexity index is 643. The van der Waals surface area contributed by atoms with Crippen molar-refractivity contribution >= 4 is 15.9 Å². The van der Waals surface area contributed by atoms with Gasteiger partial charge in [-0.15, -0.1) is 0 Å². The molecule has 22 heavy (non-hydrogen) atoms. The van der Waals surface area contributed by atoms with Crippen LogP contribution in [0.1, 0.15) is 36.8 Å². The van der Waals surface area contributed by atoms with Gasteiger partial charge in [0.15, 0.2) is 0 Å². The van der Waals surface area contributed by atoms with Crippen molar-refractivity contribution in [3.8, 4) is 0 Å². The van der Waals surface area contributed by atoms with Crippen molar-refractivity contribution in [3.05, 3.63) is 82.3 Å². The fourth-order valence-electron chi connectivity index (χ4n) is 3.30. The van der Waals surface area contributed by atoms with Crippen LogP contribution in [-0.4, -0.2) is 5.11 Å². The van der Waals surface area contributed by atoms with E-state index in [4.69, 9.17) is 0 Å². The summed E-state index contributed by atoms with van der Waals surface area (Å²) < 4.78 is 1.04. The van der Waals surface area contributed by atoms with Crippen LogP contribution < -0.4 is 0 Å². The molecular formula is C20H21BrO. The van der Waals surface area contributed by atoms with Crippen molar-refractivity contribution in [3.63, 3.8) is 0 Å². The molecule has 114 valence electrons. The molecular weight excluding hydrogens is 336 g/mol. The number of allylic oxidation sites excluding steroid dienone is 1. The van der Waals surface area contributed by atoms with E-state index in [9.17, 15) is 5.11 Å². The molecule has 0 aliphatic heterocycles. The van der Waals surface area contributed by atoms with E-state index in [1.54, 1.807) is 0 Å². The van der Waals surface area contributed by atoms with E-state index in [-0.39, 0.29) is 5.92 Å². The van der Waals surface area contributed by atoms with E-state index in [2.05, 4.69) is 58.4 Å². The minimum Gasteiger partial charge on any atom is -0.385 e. The molecule has 0 saturated heterocycles. The Kier molecular flexibility index (Phi) is 4.51. The highest BCUT2D eigenvalue weighted by molar-refractivity contribution is 9.10. The first-order valence-electron chi connectivity index (χ1n) is 7.77. The second-order valence-electron chi connectivity index (χ2n) is 6.27. The highest BCUT2D eigenvalue weighted by atomic mass is 79.9. The van der Waals surface area contributed by atoms with Crippen LogP contribution >= 0.6 is 15.9 Å². The van der Waals surface area contributed by atoms with Crippen molar-refractivity contribution in [1.82, 2.24) is 0 Å². The average Bonchev–Trinajstić information content (AvgIpc) is 2.56. The van der Waals surface area contributed by atoms with E-state index in [1.807, 2.05) is 31.2 Å². The smallest absolute Gasteiger partial charge is 0.0931 e. The van der Waals surface area contributed by atoms with Crippen molar-refractivity contribution in [1.29, 1.82) is 0 Å². The van der Waals surface area contributed by atoms with Gasteiger partial charge in [0, 0.05) is 10.4 Å².